The van der Waals surface area contributed by atoms with Crippen LogP contribution in [0.25, 0.3) is 0 Å². The highest BCUT2D eigenvalue weighted by molar-refractivity contribution is 7.09. The number of thiazole rings is 1. The van der Waals surface area contributed by atoms with Crippen molar-refractivity contribution in [2.45, 2.75) is 65.0 Å². The first-order valence-corrected chi connectivity index (χ1v) is 9.84. The molecule has 0 unspecified atom stereocenters. The second-order valence-electron chi connectivity index (χ2n) is 6.49. The normalized spacial score (nSPS) is 19.3. The molecule has 2 aromatic heterocycles. The smallest absolute Gasteiger partial charge is 0.113 e. The molecule has 1 fully saturated rings. The summed E-state index contributed by atoms with van der Waals surface area (Å²) in [5.74, 6) is 1.86. The summed E-state index contributed by atoms with van der Waals surface area (Å²) in [5.41, 5.74) is 1.24. The monoisotopic (exact) mass is 332 g/mol. The lowest BCUT2D eigenvalue weighted by molar-refractivity contribution is 0.193. The second kappa shape index (κ2) is 8.06. The van der Waals surface area contributed by atoms with Gasteiger partial charge in [0.25, 0.3) is 0 Å². The van der Waals surface area contributed by atoms with Crippen LogP contribution < -0.4 is 0 Å². The Hall–Kier alpha value is -1.20. The molecule has 5 heteroatoms. The van der Waals surface area contributed by atoms with Gasteiger partial charge in [-0.1, -0.05) is 20.3 Å². The molecule has 0 amide bonds. The molecule has 0 bridgehead atoms. The van der Waals surface area contributed by atoms with Crippen LogP contribution in [0.5, 0.6) is 0 Å². The van der Waals surface area contributed by atoms with E-state index in [9.17, 15) is 0 Å². The largest absolute Gasteiger partial charge is 0.335 e. The number of nitrogens with zero attached hydrogens (tertiary/aromatic N) is 4. The first-order valence-electron chi connectivity index (χ1n) is 8.96. The van der Waals surface area contributed by atoms with Crippen molar-refractivity contribution < 1.29 is 0 Å². The maximum absolute atomic E-state index is 4.72. The van der Waals surface area contributed by atoms with Crippen molar-refractivity contribution in [3.8, 4) is 0 Å². The predicted octanol–water partition coefficient (Wildman–Crippen LogP) is 4.08. The van der Waals surface area contributed by atoms with Gasteiger partial charge >= 0.3 is 0 Å². The molecule has 1 atom stereocenters. The van der Waals surface area contributed by atoms with E-state index in [4.69, 9.17) is 4.98 Å². The number of aromatic nitrogens is 3. The first kappa shape index (κ1) is 16.7. The number of hydrogen-bond donors (Lipinski definition) is 0. The summed E-state index contributed by atoms with van der Waals surface area (Å²) >= 11 is 1.79. The first-order chi connectivity index (χ1) is 11.3. The quantitative estimate of drug-likeness (QED) is 0.766. The molecule has 3 heterocycles. The van der Waals surface area contributed by atoms with Crippen molar-refractivity contribution in [1.29, 1.82) is 0 Å². The average molecular weight is 333 g/mol. The molecule has 0 spiro atoms. The molecule has 2 aromatic rings. The van der Waals surface area contributed by atoms with Crippen LogP contribution in [0, 0.1) is 0 Å². The Balaban J connectivity index is 1.62. The van der Waals surface area contributed by atoms with Crippen LogP contribution in [-0.2, 0) is 19.5 Å². The summed E-state index contributed by atoms with van der Waals surface area (Å²) in [6.45, 7) is 8.82. The Bertz CT molecular complexity index is 604. The number of rotatable bonds is 7. The minimum Gasteiger partial charge on any atom is -0.335 e. The fourth-order valence-corrected chi connectivity index (χ4v) is 4.16. The lowest BCUT2D eigenvalue weighted by atomic mass is 9.97. The third kappa shape index (κ3) is 4.21. The van der Waals surface area contributed by atoms with E-state index in [-0.39, 0.29) is 0 Å². The molecule has 0 aliphatic carbocycles. The van der Waals surface area contributed by atoms with Gasteiger partial charge in [-0.15, -0.1) is 11.3 Å². The van der Waals surface area contributed by atoms with Crippen molar-refractivity contribution in [2.75, 3.05) is 13.1 Å². The van der Waals surface area contributed by atoms with Crippen molar-refractivity contribution in [3.63, 3.8) is 0 Å². The van der Waals surface area contributed by atoms with E-state index in [1.54, 1.807) is 11.3 Å². The van der Waals surface area contributed by atoms with Gasteiger partial charge in [-0.2, -0.15) is 0 Å². The van der Waals surface area contributed by atoms with E-state index < -0.39 is 0 Å². The second-order valence-corrected chi connectivity index (χ2v) is 7.44. The van der Waals surface area contributed by atoms with Crippen LogP contribution in [0.4, 0.5) is 0 Å². The Morgan fingerprint density at radius 2 is 2.26 bits per heavy atom. The van der Waals surface area contributed by atoms with Crippen LogP contribution in [0.15, 0.2) is 17.8 Å². The van der Waals surface area contributed by atoms with Crippen LogP contribution in [0.2, 0.25) is 0 Å². The summed E-state index contributed by atoms with van der Waals surface area (Å²) in [4.78, 5) is 12.0. The number of hydrogen-bond acceptors (Lipinski definition) is 4. The highest BCUT2D eigenvalue weighted by Gasteiger charge is 2.25. The number of likely N-dealkylation sites (tertiary alicyclic amines) is 1. The molecule has 4 nitrogen and oxygen atoms in total. The third-order valence-corrected chi connectivity index (χ3v) is 5.70. The van der Waals surface area contributed by atoms with E-state index >= 15 is 0 Å². The highest BCUT2D eigenvalue weighted by atomic mass is 32.1. The molecule has 3 rings (SSSR count). The van der Waals surface area contributed by atoms with E-state index in [1.807, 2.05) is 6.20 Å². The molecule has 1 aliphatic rings. The third-order valence-electron chi connectivity index (χ3n) is 4.66. The summed E-state index contributed by atoms with van der Waals surface area (Å²) < 4.78 is 2.37. The summed E-state index contributed by atoms with van der Waals surface area (Å²) in [5, 5.41) is 3.48. The maximum atomic E-state index is 4.72. The van der Waals surface area contributed by atoms with Gasteiger partial charge in [0, 0.05) is 43.3 Å². The Morgan fingerprint density at radius 3 is 3.04 bits per heavy atom. The van der Waals surface area contributed by atoms with E-state index in [0.29, 0.717) is 5.92 Å². The van der Waals surface area contributed by atoms with E-state index in [1.165, 1.54) is 48.8 Å². The van der Waals surface area contributed by atoms with Gasteiger partial charge in [0.15, 0.2) is 0 Å². The van der Waals surface area contributed by atoms with E-state index in [0.717, 1.165) is 26.1 Å². The molecule has 0 N–H and O–H groups in total. The van der Waals surface area contributed by atoms with Crippen molar-refractivity contribution in [3.05, 3.63) is 34.3 Å². The number of imidazole rings is 1. The molecule has 1 saturated heterocycles. The van der Waals surface area contributed by atoms with Crippen molar-refractivity contribution in [2.24, 2.45) is 0 Å². The molecular formula is C18H28N4S. The number of piperidine rings is 1. The molecule has 1 aliphatic heterocycles. The minimum atomic E-state index is 0.569. The molecule has 0 aromatic carbocycles. The molecular weight excluding hydrogens is 304 g/mol. The highest BCUT2D eigenvalue weighted by Crippen LogP contribution is 2.27. The van der Waals surface area contributed by atoms with Gasteiger partial charge in [0.2, 0.25) is 0 Å². The van der Waals surface area contributed by atoms with Crippen molar-refractivity contribution >= 4 is 11.3 Å². The Labute approximate surface area is 143 Å². The zero-order valence-electron chi connectivity index (χ0n) is 14.4. The van der Waals surface area contributed by atoms with E-state index in [2.05, 4.69) is 39.9 Å². The number of aryl methyl sites for hydroxylation is 2. The number of unbranched alkanes of at least 4 members (excludes halogenated alkanes) is 1. The van der Waals surface area contributed by atoms with Crippen molar-refractivity contribution in [1.82, 2.24) is 19.4 Å². The lowest BCUT2D eigenvalue weighted by Crippen LogP contribution is -2.35. The zero-order chi connectivity index (χ0) is 16.1. The van der Waals surface area contributed by atoms with Gasteiger partial charge in [-0.25, -0.2) is 9.97 Å². The fraction of sp³-hybridized carbons (Fsp3) is 0.667. The Kier molecular flexibility index (Phi) is 5.84. The lowest BCUT2D eigenvalue weighted by Gasteiger charge is -2.32. The van der Waals surface area contributed by atoms with Crippen LogP contribution in [-0.4, -0.2) is 32.5 Å². The van der Waals surface area contributed by atoms with Gasteiger partial charge in [-0.3, -0.25) is 4.90 Å². The fourth-order valence-electron chi connectivity index (χ4n) is 3.42. The average Bonchev–Trinajstić information content (AvgIpc) is 3.22. The van der Waals surface area contributed by atoms with Crippen LogP contribution in [0.1, 0.15) is 62.0 Å². The maximum Gasteiger partial charge on any atom is 0.113 e. The van der Waals surface area contributed by atoms with Gasteiger partial charge in [-0.05, 0) is 32.2 Å². The van der Waals surface area contributed by atoms with Gasteiger partial charge < -0.3 is 4.57 Å². The predicted molar refractivity (Wildman–Crippen MR) is 95.9 cm³/mol. The molecule has 23 heavy (non-hydrogen) atoms. The topological polar surface area (TPSA) is 34.0 Å². The SMILES string of the molecule is CCCCn1ccnc1[C@@H]1CCCN(Cc2csc(CC)n2)C1. The van der Waals surface area contributed by atoms with Gasteiger partial charge in [0.05, 0.1) is 10.7 Å². The summed E-state index contributed by atoms with van der Waals surface area (Å²) in [6, 6.07) is 0. The molecule has 0 saturated carbocycles. The Morgan fingerprint density at radius 1 is 1.35 bits per heavy atom. The summed E-state index contributed by atoms with van der Waals surface area (Å²) in [6.07, 6.45) is 10.2. The minimum absolute atomic E-state index is 0.569. The summed E-state index contributed by atoms with van der Waals surface area (Å²) in [7, 11) is 0. The molecule has 0 radical (unpaired) electrons. The standard InChI is InChI=1S/C18H28N4S/c1-3-5-10-22-11-8-19-18(22)15-7-6-9-21(12-15)13-16-14-23-17(4-2)20-16/h8,11,14-15H,3-7,9-10,12-13H2,1-2H3/t15-/m1/s1. The van der Waals surface area contributed by atoms with Crippen LogP contribution >= 0.6 is 11.3 Å². The van der Waals surface area contributed by atoms with Crippen LogP contribution in [0.3, 0.4) is 0 Å². The molecule has 126 valence electrons. The zero-order valence-corrected chi connectivity index (χ0v) is 15.2. The van der Waals surface area contributed by atoms with Gasteiger partial charge in [0.1, 0.15) is 5.82 Å².